The molecule has 0 spiro atoms. The van der Waals surface area contributed by atoms with Crippen LogP contribution in [0.3, 0.4) is 0 Å². The van der Waals surface area contributed by atoms with E-state index in [0.29, 0.717) is 26.8 Å². The van der Waals surface area contributed by atoms with Gasteiger partial charge in [0.2, 0.25) is 0 Å². The van der Waals surface area contributed by atoms with Crippen molar-refractivity contribution >= 4 is 40.4 Å². The monoisotopic (exact) mass is 321 g/mol. The molecule has 8 nitrogen and oxygen atoms in total. The number of hydrogen-bond donors (Lipinski definition) is 3. The molecule has 3 aromatic rings. The third-order valence-electron chi connectivity index (χ3n) is 2.62. The number of imidazole rings is 1. The minimum Gasteiger partial charge on any atom is -0.409 e. The fraction of sp³-hybridized carbons (Fsp3) is 0. The van der Waals surface area contributed by atoms with Crippen LogP contribution in [0.1, 0.15) is 5.56 Å². The molecule has 3 rings (SSSR count). The van der Waals surface area contributed by atoms with Crippen molar-refractivity contribution in [2.45, 2.75) is 10.1 Å². The minimum absolute atomic E-state index is 0.0846. The van der Waals surface area contributed by atoms with Crippen molar-refractivity contribution in [3.8, 4) is 0 Å². The summed E-state index contributed by atoms with van der Waals surface area (Å²) in [7, 11) is 0. The number of aromatic nitrogens is 5. The summed E-state index contributed by atoms with van der Waals surface area (Å²) in [6.45, 7) is 0. The van der Waals surface area contributed by atoms with E-state index >= 15 is 0 Å². The summed E-state index contributed by atoms with van der Waals surface area (Å²) in [5.41, 5.74) is 7.20. The highest BCUT2D eigenvalue weighted by atomic mass is 35.5. The molecule has 0 fully saturated rings. The number of nitrogens with two attached hydrogens (primary N) is 1. The number of oxime groups is 1. The molecule has 0 aliphatic heterocycles. The van der Waals surface area contributed by atoms with Crippen LogP contribution in [-0.4, -0.2) is 36.0 Å². The lowest BCUT2D eigenvalue weighted by Gasteiger charge is -2.06. The zero-order chi connectivity index (χ0) is 14.8. The van der Waals surface area contributed by atoms with Crippen molar-refractivity contribution < 1.29 is 5.21 Å². The highest BCUT2D eigenvalue weighted by Crippen LogP contribution is 2.34. The fourth-order valence-electron chi connectivity index (χ4n) is 1.66. The van der Waals surface area contributed by atoms with E-state index in [-0.39, 0.29) is 10.9 Å². The van der Waals surface area contributed by atoms with Crippen LogP contribution in [0.5, 0.6) is 0 Å². The van der Waals surface area contributed by atoms with Crippen molar-refractivity contribution in [2.24, 2.45) is 10.9 Å². The summed E-state index contributed by atoms with van der Waals surface area (Å²) in [5, 5.41) is 13.1. The summed E-state index contributed by atoms with van der Waals surface area (Å²) in [6.07, 6.45) is 4.46. The maximum atomic E-state index is 8.75. The van der Waals surface area contributed by atoms with Crippen LogP contribution in [0.15, 0.2) is 40.1 Å². The smallest absolute Gasteiger partial charge is 0.181 e. The molecule has 0 atom stereocenters. The number of H-pyrrole nitrogens is 1. The van der Waals surface area contributed by atoms with Crippen molar-refractivity contribution in [2.75, 3.05) is 0 Å². The normalized spacial score (nSPS) is 12.0. The van der Waals surface area contributed by atoms with Crippen molar-refractivity contribution in [3.05, 3.63) is 35.5 Å². The molecule has 0 bridgehead atoms. The number of halogens is 1. The summed E-state index contributed by atoms with van der Waals surface area (Å²) in [4.78, 5) is 19.4. The van der Waals surface area contributed by atoms with Gasteiger partial charge in [-0.2, -0.15) is 0 Å². The van der Waals surface area contributed by atoms with Gasteiger partial charge in [0.25, 0.3) is 0 Å². The van der Waals surface area contributed by atoms with Crippen LogP contribution >= 0.6 is 23.4 Å². The highest BCUT2D eigenvalue weighted by molar-refractivity contribution is 7.99. The Hall–Kier alpha value is -2.39. The molecule has 0 aliphatic carbocycles. The van der Waals surface area contributed by atoms with Gasteiger partial charge in [-0.25, -0.2) is 19.9 Å². The second kappa shape index (κ2) is 5.54. The van der Waals surface area contributed by atoms with E-state index in [9.17, 15) is 0 Å². The van der Waals surface area contributed by atoms with E-state index in [0.717, 1.165) is 0 Å². The van der Waals surface area contributed by atoms with Gasteiger partial charge in [-0.1, -0.05) is 16.8 Å². The quantitative estimate of drug-likeness (QED) is 0.220. The molecule has 0 saturated heterocycles. The van der Waals surface area contributed by atoms with Gasteiger partial charge in [0, 0.05) is 11.8 Å². The van der Waals surface area contributed by atoms with E-state index in [1.54, 1.807) is 6.07 Å². The number of nitrogens with one attached hydrogen (secondary N) is 1. The van der Waals surface area contributed by atoms with Crippen LogP contribution < -0.4 is 5.73 Å². The van der Waals surface area contributed by atoms with Crippen molar-refractivity contribution in [1.29, 1.82) is 0 Å². The highest BCUT2D eigenvalue weighted by Gasteiger charge is 2.15. The molecular weight excluding hydrogens is 314 g/mol. The van der Waals surface area contributed by atoms with Gasteiger partial charge >= 0.3 is 0 Å². The Bertz CT molecular complexity index is 834. The Labute approximate surface area is 127 Å². The summed E-state index contributed by atoms with van der Waals surface area (Å²) < 4.78 is 0. The molecule has 10 heteroatoms. The van der Waals surface area contributed by atoms with Crippen LogP contribution in [0.2, 0.25) is 5.02 Å². The largest absolute Gasteiger partial charge is 0.409 e. The second-order valence-electron chi connectivity index (χ2n) is 3.84. The van der Waals surface area contributed by atoms with Crippen LogP contribution in [0, 0.1) is 0 Å². The van der Waals surface area contributed by atoms with Gasteiger partial charge < -0.3 is 15.9 Å². The van der Waals surface area contributed by atoms with Crippen molar-refractivity contribution in [1.82, 2.24) is 24.9 Å². The second-order valence-corrected chi connectivity index (χ2v) is 5.20. The summed E-state index contributed by atoms with van der Waals surface area (Å²) in [6, 6.07) is 1.56. The van der Waals surface area contributed by atoms with E-state index in [4.69, 9.17) is 22.5 Å². The number of rotatable bonds is 3. The predicted molar refractivity (Wildman–Crippen MR) is 77.6 cm³/mol. The Kier molecular flexibility index (Phi) is 3.59. The van der Waals surface area contributed by atoms with Gasteiger partial charge in [0.15, 0.2) is 11.5 Å². The van der Waals surface area contributed by atoms with Gasteiger partial charge in [-0.3, -0.25) is 0 Å². The standard InChI is InChI=1S/C11H8ClN7OS/c12-6-5(8(13)19-20)1-2-14-10(6)21-11-7-9(16-3-15-7)17-4-18-11/h1-4,20H,(H2,13,19)(H,15,16,17,18). The first-order valence-corrected chi connectivity index (χ1v) is 6.84. The lowest BCUT2D eigenvalue weighted by atomic mass is 10.2. The van der Waals surface area contributed by atoms with Crippen molar-refractivity contribution in [3.63, 3.8) is 0 Å². The summed E-state index contributed by atoms with van der Waals surface area (Å²) >= 11 is 7.47. The Morgan fingerprint density at radius 1 is 1.29 bits per heavy atom. The topological polar surface area (TPSA) is 126 Å². The molecule has 0 aromatic carbocycles. The first kappa shape index (κ1) is 13.6. The van der Waals surface area contributed by atoms with Gasteiger partial charge in [-0.15, -0.1) is 0 Å². The number of pyridine rings is 1. The molecule has 4 N–H and O–H groups in total. The number of amidine groups is 1. The minimum atomic E-state index is -0.0846. The molecule has 21 heavy (non-hydrogen) atoms. The lowest BCUT2D eigenvalue weighted by Crippen LogP contribution is -2.14. The maximum absolute atomic E-state index is 8.75. The number of nitrogens with zero attached hydrogens (tertiary/aromatic N) is 5. The van der Waals surface area contributed by atoms with E-state index < -0.39 is 0 Å². The molecule has 3 aromatic heterocycles. The Morgan fingerprint density at radius 3 is 2.95 bits per heavy atom. The maximum Gasteiger partial charge on any atom is 0.181 e. The first-order valence-electron chi connectivity index (χ1n) is 5.65. The first-order chi connectivity index (χ1) is 10.2. The van der Waals surface area contributed by atoms with Gasteiger partial charge in [0.1, 0.15) is 21.9 Å². The molecule has 0 aliphatic rings. The Morgan fingerprint density at radius 2 is 2.14 bits per heavy atom. The summed E-state index contributed by atoms with van der Waals surface area (Å²) in [5.74, 6) is -0.0846. The molecule has 0 unspecified atom stereocenters. The zero-order valence-corrected chi connectivity index (χ0v) is 11.9. The van der Waals surface area contributed by atoms with Crippen LogP contribution in [-0.2, 0) is 0 Å². The van der Waals surface area contributed by atoms with Crippen LogP contribution in [0.4, 0.5) is 0 Å². The molecular formula is C11H8ClN7OS. The van der Waals surface area contributed by atoms with Gasteiger partial charge in [-0.05, 0) is 17.8 Å². The molecule has 3 heterocycles. The average molecular weight is 322 g/mol. The SMILES string of the molecule is N/C(=N/O)c1ccnc(Sc2ncnc3nc[nH]c23)c1Cl. The molecule has 106 valence electrons. The third kappa shape index (κ3) is 2.48. The zero-order valence-electron chi connectivity index (χ0n) is 10.4. The number of hydrogen-bond acceptors (Lipinski definition) is 7. The van der Waals surface area contributed by atoms with Crippen LogP contribution in [0.25, 0.3) is 11.2 Å². The van der Waals surface area contributed by atoms with E-state index in [2.05, 4.69) is 30.1 Å². The van der Waals surface area contributed by atoms with E-state index in [1.807, 2.05) is 0 Å². The van der Waals surface area contributed by atoms with E-state index in [1.165, 1.54) is 30.6 Å². The Balaban J connectivity index is 2.04. The average Bonchev–Trinajstić information content (AvgIpc) is 2.98. The number of fused-ring (bicyclic) bond motifs is 1. The fourth-order valence-corrected chi connectivity index (χ4v) is 2.83. The molecule has 0 saturated carbocycles. The lowest BCUT2D eigenvalue weighted by molar-refractivity contribution is 0.318. The number of aromatic amines is 1. The third-order valence-corrected chi connectivity index (χ3v) is 4.12. The molecule has 0 radical (unpaired) electrons. The van der Waals surface area contributed by atoms with Gasteiger partial charge in [0.05, 0.1) is 11.3 Å². The predicted octanol–water partition coefficient (Wildman–Crippen LogP) is 1.65. The molecule has 0 amide bonds.